The van der Waals surface area contributed by atoms with Crippen molar-refractivity contribution in [3.05, 3.63) is 45.7 Å². The maximum atomic E-state index is 12.4. The predicted molar refractivity (Wildman–Crippen MR) is 183 cm³/mol. The van der Waals surface area contributed by atoms with Crippen molar-refractivity contribution in [2.75, 3.05) is 85.8 Å². The largest absolute Gasteiger partial charge is 0.378 e. The molecule has 0 aliphatic carbocycles. The number of hydrogen-bond donors (Lipinski definition) is 1. The van der Waals surface area contributed by atoms with Crippen LogP contribution in [0.5, 0.6) is 0 Å². The van der Waals surface area contributed by atoms with E-state index in [0.29, 0.717) is 66.8 Å². The topological polar surface area (TPSA) is 168 Å². The van der Waals surface area contributed by atoms with Crippen molar-refractivity contribution < 1.29 is 38.2 Å². The van der Waals surface area contributed by atoms with Crippen molar-refractivity contribution in [2.45, 2.75) is 0 Å². The Hall–Kier alpha value is -2.80. The van der Waals surface area contributed by atoms with Crippen LogP contribution in [-0.2, 0) is 19.1 Å². The van der Waals surface area contributed by atoms with E-state index < -0.39 is 11.0 Å². The third-order valence-electron chi connectivity index (χ3n) is 6.63. The van der Waals surface area contributed by atoms with Gasteiger partial charge in [0.2, 0.25) is 17.6 Å². The zero-order valence-corrected chi connectivity index (χ0v) is 29.5. The van der Waals surface area contributed by atoms with E-state index in [1.165, 1.54) is 6.07 Å². The quantitative estimate of drug-likeness (QED) is 0.319. The number of halogens is 3. The van der Waals surface area contributed by atoms with E-state index >= 15 is 0 Å². The normalized spacial score (nSPS) is 17.9. The van der Waals surface area contributed by atoms with Crippen LogP contribution in [0.25, 0.3) is 0 Å². The highest BCUT2D eigenvalue weighted by molar-refractivity contribution is 9.09. The van der Waals surface area contributed by atoms with Crippen LogP contribution in [0.3, 0.4) is 0 Å². The number of thioether (sulfide) groups is 2. The summed E-state index contributed by atoms with van der Waals surface area (Å²) in [7, 11) is 0. The molecule has 252 valence electrons. The van der Waals surface area contributed by atoms with Gasteiger partial charge < -0.3 is 19.3 Å². The molecule has 0 spiro atoms. The van der Waals surface area contributed by atoms with Gasteiger partial charge >= 0.3 is 0 Å². The van der Waals surface area contributed by atoms with Gasteiger partial charge in [-0.05, 0) is 24.3 Å². The molecule has 6 rings (SSSR count). The van der Waals surface area contributed by atoms with Gasteiger partial charge in [0.25, 0.3) is 10.5 Å². The lowest BCUT2D eigenvalue weighted by molar-refractivity contribution is -0.124. The van der Waals surface area contributed by atoms with Crippen LogP contribution in [0, 0.1) is 0 Å². The van der Waals surface area contributed by atoms with Crippen LogP contribution in [0.1, 0.15) is 21.0 Å². The minimum Gasteiger partial charge on any atom is -0.378 e. The summed E-state index contributed by atoms with van der Waals surface area (Å²) in [6.07, 6.45) is 0. The maximum absolute atomic E-state index is 12.4. The van der Waals surface area contributed by atoms with Crippen molar-refractivity contribution in [2.24, 2.45) is 0 Å². The smallest absolute Gasteiger partial charge is 0.289 e. The maximum Gasteiger partial charge on any atom is 0.289 e. The van der Waals surface area contributed by atoms with E-state index in [4.69, 9.17) is 32.7 Å². The molecule has 1 N–H and O–H groups in total. The summed E-state index contributed by atoms with van der Waals surface area (Å²) >= 11 is 17.1. The monoisotopic (exact) mass is 790 g/mol. The Morgan fingerprint density at radius 2 is 1.30 bits per heavy atom. The number of aromatic nitrogens is 2. The molecule has 19 heteroatoms. The number of ether oxygens (including phenoxy) is 2. The second kappa shape index (κ2) is 18.1. The molecule has 2 aromatic heterocycles. The molecule has 4 aliphatic rings. The van der Waals surface area contributed by atoms with E-state index in [9.17, 15) is 28.8 Å². The fraction of sp³-hybridized carbons (Fsp3) is 0.429. The minimum absolute atomic E-state index is 0.0676. The lowest BCUT2D eigenvalue weighted by Gasteiger charge is -2.28. The Kier molecular flexibility index (Phi) is 14.3. The molecule has 4 saturated heterocycles. The molecule has 0 radical (unpaired) electrons. The molecule has 0 unspecified atom stereocenters. The van der Waals surface area contributed by atoms with Gasteiger partial charge in [0.1, 0.15) is 23.0 Å². The molecular weight excluding hydrogens is 763 g/mol. The van der Waals surface area contributed by atoms with Gasteiger partial charge in [0.15, 0.2) is 5.78 Å². The first-order valence-electron chi connectivity index (χ1n) is 14.1. The summed E-state index contributed by atoms with van der Waals surface area (Å²) in [5.74, 6) is 0.683. The molecule has 6 heterocycles. The SMILES string of the molecule is O=C(CBr)c1cc(Cl)cc(N2CCOCC2)n1.O=C(CN1C(=O)CSC1=O)c1cc(Cl)cc(N2CCOCC2)n1.O=C1CSC(=O)N1. The van der Waals surface area contributed by atoms with Gasteiger partial charge in [-0.25, -0.2) is 9.97 Å². The molecule has 47 heavy (non-hydrogen) atoms. The number of alkyl halides is 1. The van der Waals surface area contributed by atoms with E-state index in [-0.39, 0.29) is 46.2 Å². The fourth-order valence-corrected chi connectivity index (χ4v) is 6.24. The molecule has 14 nitrogen and oxygen atoms in total. The fourth-order valence-electron chi connectivity index (χ4n) is 4.31. The second-order valence-corrected chi connectivity index (χ2v) is 13.2. The Morgan fingerprint density at radius 3 is 1.68 bits per heavy atom. The summed E-state index contributed by atoms with van der Waals surface area (Å²) in [6.45, 7) is 5.11. The van der Waals surface area contributed by atoms with Crippen LogP contribution in [0.4, 0.5) is 21.2 Å². The van der Waals surface area contributed by atoms with Crippen LogP contribution in [-0.4, -0.2) is 125 Å². The van der Waals surface area contributed by atoms with Crippen molar-refractivity contribution in [1.29, 1.82) is 0 Å². The number of anilines is 2. The molecule has 2 aromatic rings. The summed E-state index contributed by atoms with van der Waals surface area (Å²) in [5.41, 5.74) is 0.548. The first-order valence-corrected chi connectivity index (χ1v) is 18.0. The number of morpholine rings is 2. The van der Waals surface area contributed by atoms with Gasteiger partial charge in [-0.15, -0.1) is 0 Å². The molecule has 0 bridgehead atoms. The highest BCUT2D eigenvalue weighted by Crippen LogP contribution is 2.23. The number of carbonyl (C=O) groups excluding carboxylic acids is 6. The van der Waals surface area contributed by atoms with Crippen molar-refractivity contribution in [3.8, 4) is 0 Å². The van der Waals surface area contributed by atoms with Crippen LogP contribution >= 0.6 is 62.7 Å². The summed E-state index contributed by atoms with van der Waals surface area (Å²) in [5, 5.41) is 2.64. The first kappa shape index (κ1) is 37.0. The van der Waals surface area contributed by atoms with E-state index in [0.717, 1.165) is 47.3 Å². The van der Waals surface area contributed by atoms with Gasteiger partial charge in [0, 0.05) is 36.2 Å². The molecule has 0 aromatic carbocycles. The molecule has 4 amide bonds. The van der Waals surface area contributed by atoms with Crippen LogP contribution < -0.4 is 15.1 Å². The van der Waals surface area contributed by atoms with Gasteiger partial charge in [0.05, 0.1) is 49.8 Å². The van der Waals surface area contributed by atoms with E-state index in [1.54, 1.807) is 18.2 Å². The molecule has 4 fully saturated rings. The molecule has 4 aliphatic heterocycles. The second-order valence-electron chi connectivity index (χ2n) is 9.90. The highest BCUT2D eigenvalue weighted by atomic mass is 79.9. The lowest BCUT2D eigenvalue weighted by Crippen LogP contribution is -2.37. The van der Waals surface area contributed by atoms with Crippen molar-refractivity contribution >= 4 is 108 Å². The molecule has 0 atom stereocenters. The number of pyridine rings is 2. The summed E-state index contributed by atoms with van der Waals surface area (Å²) in [4.78, 5) is 81.0. The van der Waals surface area contributed by atoms with E-state index in [2.05, 4.69) is 36.1 Å². The van der Waals surface area contributed by atoms with Crippen molar-refractivity contribution in [3.63, 3.8) is 0 Å². The van der Waals surface area contributed by atoms with Gasteiger partial charge in [-0.1, -0.05) is 62.7 Å². The summed E-state index contributed by atoms with van der Waals surface area (Å²) < 4.78 is 10.6. The molecule has 0 saturated carbocycles. The first-order chi connectivity index (χ1) is 22.5. The zero-order valence-electron chi connectivity index (χ0n) is 24.7. The van der Waals surface area contributed by atoms with Crippen LogP contribution in [0.15, 0.2) is 24.3 Å². The number of ketones is 2. The van der Waals surface area contributed by atoms with Crippen LogP contribution in [0.2, 0.25) is 10.0 Å². The number of nitrogens with zero attached hydrogens (tertiary/aromatic N) is 5. The third kappa shape index (κ3) is 11.1. The van der Waals surface area contributed by atoms with Gasteiger partial charge in [-0.2, -0.15) is 0 Å². The minimum atomic E-state index is -0.411. The Bertz CT molecular complexity index is 1500. The number of hydrogen-bond acceptors (Lipinski definition) is 14. The number of nitrogens with one attached hydrogen (secondary N) is 1. The van der Waals surface area contributed by atoms with Gasteiger partial charge in [-0.3, -0.25) is 39.0 Å². The lowest BCUT2D eigenvalue weighted by atomic mass is 10.2. The average molecular weight is 793 g/mol. The number of carbonyl (C=O) groups is 6. The Morgan fingerprint density at radius 1 is 0.787 bits per heavy atom. The number of rotatable bonds is 7. The molecular formula is C28H29BrCl2N6O8S2. The standard InChI is InChI=1S/C14H14ClN3O4S.C11H12BrClN2O2.C3H3NO2S/c15-9-5-10(11(19)7-18-13(20)8-23-14(18)21)16-12(6-9)17-1-3-22-4-2-17;12-7-10(16)9-5-8(13)6-11(14-9)15-1-3-17-4-2-15;5-2-1-7-3(6)4-2/h5-6H,1-4,7-8H2;5-6H,1-4,7H2;1H2,(H,4,5,6). The number of Topliss-reactive ketones (excluding diaryl/α,β-unsaturated/α-hetero) is 2. The number of imide groups is 2. The van der Waals surface area contributed by atoms with Crippen molar-refractivity contribution in [1.82, 2.24) is 20.2 Å². The summed E-state index contributed by atoms with van der Waals surface area (Å²) in [6, 6.07) is 6.50. The third-order valence-corrected chi connectivity index (χ3v) is 9.21. The zero-order chi connectivity index (χ0) is 33.9. The Labute approximate surface area is 296 Å². The Balaban J connectivity index is 0.000000182. The predicted octanol–water partition coefficient (Wildman–Crippen LogP) is 3.57. The number of amides is 4. The van der Waals surface area contributed by atoms with E-state index in [1.807, 2.05) is 4.90 Å². The average Bonchev–Trinajstić information content (AvgIpc) is 3.62. The highest BCUT2D eigenvalue weighted by Gasteiger charge is 2.32.